The fourth-order valence-corrected chi connectivity index (χ4v) is 2.43. The van der Waals surface area contributed by atoms with E-state index in [-0.39, 0.29) is 35.7 Å². The third kappa shape index (κ3) is 5.43. The van der Waals surface area contributed by atoms with Gasteiger partial charge in [-0.15, -0.1) is 0 Å². The number of aromatic amines is 1. The van der Waals surface area contributed by atoms with Gasteiger partial charge >= 0.3 is 0 Å². The van der Waals surface area contributed by atoms with Crippen LogP contribution < -0.4 is 10.9 Å². The van der Waals surface area contributed by atoms with Crippen molar-refractivity contribution in [1.29, 1.82) is 0 Å². The highest BCUT2D eigenvalue weighted by Crippen LogP contribution is 2.12. The summed E-state index contributed by atoms with van der Waals surface area (Å²) in [6, 6.07) is 2.71. The van der Waals surface area contributed by atoms with Crippen LogP contribution in [0.2, 0.25) is 0 Å². The summed E-state index contributed by atoms with van der Waals surface area (Å²) < 4.78 is 10.00. The van der Waals surface area contributed by atoms with E-state index in [1.807, 2.05) is 0 Å². The summed E-state index contributed by atoms with van der Waals surface area (Å²) in [4.78, 5) is 36.6. The summed E-state index contributed by atoms with van der Waals surface area (Å²) in [6.45, 7) is 1.88. The topological polar surface area (TPSA) is 114 Å². The fourth-order valence-electron chi connectivity index (χ4n) is 2.43. The lowest BCUT2D eigenvalue weighted by molar-refractivity contribution is -0.127. The molecule has 1 saturated heterocycles. The Bertz CT molecular complexity index is 590. The zero-order valence-electron chi connectivity index (χ0n) is 13.6. The molecule has 1 aliphatic heterocycles. The maximum atomic E-state index is 12.3. The number of methoxy groups -OCH3 is 1. The van der Waals surface area contributed by atoms with E-state index in [9.17, 15) is 14.4 Å². The number of H-pyrrole nitrogens is 1. The number of hydrogen-bond donors (Lipinski definition) is 2. The van der Waals surface area contributed by atoms with Gasteiger partial charge in [0.15, 0.2) is 0 Å². The smallest absolute Gasteiger partial charge is 0.274 e. The Morgan fingerprint density at radius 2 is 2.08 bits per heavy atom. The van der Waals surface area contributed by atoms with Gasteiger partial charge in [-0.25, -0.2) is 5.10 Å². The average Bonchev–Trinajstić information content (AvgIpc) is 2.59. The van der Waals surface area contributed by atoms with Gasteiger partial charge in [0.2, 0.25) is 5.91 Å². The van der Waals surface area contributed by atoms with Crippen LogP contribution in [0, 0.1) is 0 Å². The van der Waals surface area contributed by atoms with Crippen LogP contribution in [0.25, 0.3) is 0 Å². The van der Waals surface area contributed by atoms with Crippen LogP contribution in [0.15, 0.2) is 16.9 Å². The van der Waals surface area contributed by atoms with Crippen molar-refractivity contribution < 1.29 is 19.1 Å². The van der Waals surface area contributed by atoms with Crippen molar-refractivity contribution in [1.82, 2.24) is 20.4 Å². The molecule has 0 atom stereocenters. The Kier molecular flexibility index (Phi) is 6.89. The lowest BCUT2D eigenvalue weighted by Crippen LogP contribution is -2.47. The standard InChI is InChI=1S/C15H22N4O5/c1-23-8-9-24-10-14(21)16-11-4-6-19(7-5-11)15(22)12-2-3-13(20)18-17-12/h2-3,11H,4-10H2,1H3,(H,16,21)(H,18,20). The summed E-state index contributed by atoms with van der Waals surface area (Å²) in [5, 5.41) is 8.89. The maximum Gasteiger partial charge on any atom is 0.274 e. The minimum absolute atomic E-state index is 0.00377. The van der Waals surface area contributed by atoms with E-state index in [2.05, 4.69) is 15.5 Å². The second kappa shape index (κ2) is 9.14. The van der Waals surface area contributed by atoms with Crippen molar-refractivity contribution in [2.45, 2.75) is 18.9 Å². The van der Waals surface area contributed by atoms with Crippen molar-refractivity contribution in [3.63, 3.8) is 0 Å². The van der Waals surface area contributed by atoms with Gasteiger partial charge in [-0.05, 0) is 18.9 Å². The van der Waals surface area contributed by atoms with Gasteiger partial charge in [0, 0.05) is 32.3 Å². The number of nitrogens with one attached hydrogen (secondary N) is 2. The van der Waals surface area contributed by atoms with Gasteiger partial charge in [-0.3, -0.25) is 14.4 Å². The van der Waals surface area contributed by atoms with Crippen LogP contribution >= 0.6 is 0 Å². The number of ether oxygens (including phenoxy) is 2. The molecule has 0 bridgehead atoms. The van der Waals surface area contributed by atoms with E-state index in [1.165, 1.54) is 12.1 Å². The van der Waals surface area contributed by atoms with Crippen molar-refractivity contribution >= 4 is 11.8 Å². The molecular formula is C15H22N4O5. The largest absolute Gasteiger partial charge is 0.382 e. The molecule has 1 aliphatic rings. The number of nitrogens with zero attached hydrogens (tertiary/aromatic N) is 2. The molecule has 0 aliphatic carbocycles. The third-order valence-corrected chi connectivity index (χ3v) is 3.71. The van der Waals surface area contributed by atoms with Crippen molar-refractivity contribution in [3.8, 4) is 0 Å². The molecule has 2 heterocycles. The number of hydrogen-bond acceptors (Lipinski definition) is 6. The zero-order valence-corrected chi connectivity index (χ0v) is 13.6. The van der Waals surface area contributed by atoms with E-state index in [0.29, 0.717) is 39.1 Å². The quantitative estimate of drug-likeness (QED) is 0.626. The van der Waals surface area contributed by atoms with Crippen molar-refractivity contribution in [2.75, 3.05) is 40.0 Å². The zero-order chi connectivity index (χ0) is 17.4. The number of aromatic nitrogens is 2. The van der Waals surface area contributed by atoms with Crippen LogP contribution in [0.5, 0.6) is 0 Å². The molecule has 0 saturated carbocycles. The predicted octanol–water partition coefficient (Wildman–Crippen LogP) is -0.846. The van der Waals surface area contributed by atoms with E-state index in [1.54, 1.807) is 12.0 Å². The SMILES string of the molecule is COCCOCC(=O)NC1CCN(C(=O)c2ccc(=O)[nH]n2)CC1. The molecule has 0 radical (unpaired) electrons. The van der Waals surface area contributed by atoms with Crippen molar-refractivity contribution in [2.24, 2.45) is 0 Å². The summed E-state index contributed by atoms with van der Waals surface area (Å²) in [5.74, 6) is -0.392. The number of likely N-dealkylation sites (tertiary alicyclic amines) is 1. The lowest BCUT2D eigenvalue weighted by atomic mass is 10.0. The summed E-state index contributed by atoms with van der Waals surface area (Å²) in [6.07, 6.45) is 1.33. The van der Waals surface area contributed by atoms with Crippen LogP contribution in [0.1, 0.15) is 23.3 Å². The third-order valence-electron chi connectivity index (χ3n) is 3.71. The minimum atomic E-state index is -0.347. The Balaban J connectivity index is 1.73. The van der Waals surface area contributed by atoms with Gasteiger partial charge in [0.1, 0.15) is 12.3 Å². The lowest BCUT2D eigenvalue weighted by Gasteiger charge is -2.32. The molecule has 0 unspecified atom stereocenters. The number of carbonyl (C=O) groups is 2. The molecule has 132 valence electrons. The summed E-state index contributed by atoms with van der Waals surface area (Å²) in [7, 11) is 1.57. The second-order valence-electron chi connectivity index (χ2n) is 5.49. The van der Waals surface area contributed by atoms with Gasteiger partial charge in [-0.2, -0.15) is 5.10 Å². The van der Waals surface area contributed by atoms with Gasteiger partial charge in [0.05, 0.1) is 13.2 Å². The summed E-state index contributed by atoms with van der Waals surface area (Å²) in [5.41, 5.74) is -0.135. The highest BCUT2D eigenvalue weighted by atomic mass is 16.5. The first-order valence-electron chi connectivity index (χ1n) is 7.81. The molecular weight excluding hydrogens is 316 g/mol. The summed E-state index contributed by atoms with van der Waals surface area (Å²) >= 11 is 0. The molecule has 2 amide bonds. The normalized spacial score (nSPS) is 15.3. The Labute approximate surface area is 139 Å². The number of rotatable bonds is 7. The van der Waals surface area contributed by atoms with Crippen LogP contribution in [0.4, 0.5) is 0 Å². The molecule has 2 N–H and O–H groups in total. The minimum Gasteiger partial charge on any atom is -0.382 e. The molecule has 1 fully saturated rings. The van der Waals surface area contributed by atoms with E-state index < -0.39 is 0 Å². The molecule has 9 nitrogen and oxygen atoms in total. The Hall–Kier alpha value is -2.26. The molecule has 0 aromatic carbocycles. The Morgan fingerprint density at radius 3 is 2.71 bits per heavy atom. The number of carbonyl (C=O) groups excluding carboxylic acids is 2. The maximum absolute atomic E-state index is 12.3. The monoisotopic (exact) mass is 338 g/mol. The van der Waals surface area contributed by atoms with E-state index in [0.717, 1.165) is 0 Å². The fraction of sp³-hybridized carbons (Fsp3) is 0.600. The van der Waals surface area contributed by atoms with Gasteiger partial charge in [-0.1, -0.05) is 0 Å². The molecule has 24 heavy (non-hydrogen) atoms. The first kappa shape index (κ1) is 18.1. The molecule has 1 aromatic heterocycles. The predicted molar refractivity (Wildman–Crippen MR) is 84.6 cm³/mol. The second-order valence-corrected chi connectivity index (χ2v) is 5.49. The van der Waals surface area contributed by atoms with Crippen LogP contribution in [-0.2, 0) is 14.3 Å². The first-order chi connectivity index (χ1) is 11.6. The highest BCUT2D eigenvalue weighted by molar-refractivity contribution is 5.92. The number of piperidine rings is 1. The highest BCUT2D eigenvalue weighted by Gasteiger charge is 2.25. The molecule has 2 rings (SSSR count). The van der Waals surface area contributed by atoms with E-state index >= 15 is 0 Å². The first-order valence-corrected chi connectivity index (χ1v) is 7.81. The van der Waals surface area contributed by atoms with E-state index in [4.69, 9.17) is 9.47 Å². The number of amides is 2. The molecule has 0 spiro atoms. The van der Waals surface area contributed by atoms with Crippen molar-refractivity contribution in [3.05, 3.63) is 28.2 Å². The van der Waals surface area contributed by atoms with Gasteiger partial charge < -0.3 is 19.7 Å². The molecule has 9 heteroatoms. The van der Waals surface area contributed by atoms with Gasteiger partial charge in [0.25, 0.3) is 11.5 Å². The average molecular weight is 338 g/mol. The van der Waals surface area contributed by atoms with Crippen LogP contribution in [0.3, 0.4) is 0 Å². The molecule has 1 aromatic rings. The Morgan fingerprint density at radius 1 is 1.33 bits per heavy atom. The van der Waals surface area contributed by atoms with Crippen LogP contribution in [-0.4, -0.2) is 73.0 Å².